The molecule has 0 aliphatic carbocycles. The first-order valence-electron chi connectivity index (χ1n) is 9.90. The van der Waals surface area contributed by atoms with E-state index in [1.54, 1.807) is 11.9 Å². The number of hydrogen-bond donors (Lipinski definition) is 0. The Balaban J connectivity index is 1.49. The number of carbonyl (C=O) groups is 1. The van der Waals surface area contributed by atoms with Gasteiger partial charge in [0.25, 0.3) is 5.91 Å². The molecule has 1 atom stereocenters. The number of carbonyl (C=O) groups excluding carboxylic acids is 1. The van der Waals surface area contributed by atoms with Crippen molar-refractivity contribution >= 4 is 17.7 Å². The standard InChI is InChI=1S/C23H23N5O/c1-16-24-21-20(27(16)14-18-11-7-4-8-12-18)22(29)26(2)23-25-19(15-28(21)23)13-17-9-5-3-6-10-17/h3-12,19H,13-15H2,1-2H3/t19-/m1/s1. The van der Waals surface area contributed by atoms with Crippen LogP contribution in [0.1, 0.15) is 27.4 Å². The van der Waals surface area contributed by atoms with Crippen molar-refractivity contribution in [3.05, 3.63) is 83.3 Å². The van der Waals surface area contributed by atoms with Gasteiger partial charge in [0.1, 0.15) is 5.82 Å². The molecule has 3 heterocycles. The number of guanidine groups is 1. The molecule has 0 bridgehead atoms. The van der Waals surface area contributed by atoms with E-state index in [-0.39, 0.29) is 11.9 Å². The molecule has 5 rings (SSSR count). The Hall–Kier alpha value is -3.41. The molecule has 1 aromatic heterocycles. The van der Waals surface area contributed by atoms with Crippen molar-refractivity contribution in [2.45, 2.75) is 25.9 Å². The molecule has 0 saturated heterocycles. The van der Waals surface area contributed by atoms with Crippen LogP contribution in [-0.4, -0.2) is 46.0 Å². The Bertz CT molecular complexity index is 1090. The van der Waals surface area contributed by atoms with Gasteiger partial charge in [-0.15, -0.1) is 0 Å². The summed E-state index contributed by atoms with van der Waals surface area (Å²) in [5.41, 5.74) is 3.05. The number of imidazole rings is 1. The highest BCUT2D eigenvalue weighted by Crippen LogP contribution is 2.32. The Morgan fingerprint density at radius 1 is 1.00 bits per heavy atom. The van der Waals surface area contributed by atoms with E-state index < -0.39 is 0 Å². The third-order valence-corrected chi connectivity index (χ3v) is 5.63. The van der Waals surface area contributed by atoms with Crippen molar-refractivity contribution in [3.63, 3.8) is 0 Å². The van der Waals surface area contributed by atoms with Crippen LogP contribution in [0.15, 0.2) is 65.7 Å². The Kier molecular flexibility index (Phi) is 4.19. The van der Waals surface area contributed by atoms with E-state index in [1.807, 2.05) is 47.9 Å². The predicted octanol–water partition coefficient (Wildman–Crippen LogP) is 3.11. The molecular weight excluding hydrogens is 362 g/mol. The minimum absolute atomic E-state index is 0.0492. The second-order valence-electron chi connectivity index (χ2n) is 7.65. The smallest absolute Gasteiger partial charge is 0.280 e. The van der Waals surface area contributed by atoms with Gasteiger partial charge in [0.05, 0.1) is 12.6 Å². The van der Waals surface area contributed by atoms with Gasteiger partial charge in [0, 0.05) is 13.6 Å². The van der Waals surface area contributed by atoms with Crippen LogP contribution in [0.5, 0.6) is 0 Å². The maximum atomic E-state index is 13.2. The lowest BCUT2D eigenvalue weighted by Gasteiger charge is -2.31. The number of aromatic nitrogens is 2. The summed E-state index contributed by atoms with van der Waals surface area (Å²) in [6.07, 6.45) is 0.849. The highest BCUT2D eigenvalue weighted by molar-refractivity contribution is 6.17. The zero-order valence-electron chi connectivity index (χ0n) is 16.6. The second kappa shape index (κ2) is 6.88. The molecule has 6 nitrogen and oxygen atoms in total. The highest BCUT2D eigenvalue weighted by Gasteiger charge is 2.42. The molecule has 146 valence electrons. The third kappa shape index (κ3) is 3.01. The zero-order chi connectivity index (χ0) is 20.0. The molecule has 3 aromatic rings. The first-order chi connectivity index (χ1) is 14.1. The van der Waals surface area contributed by atoms with Crippen LogP contribution < -0.4 is 4.90 Å². The summed E-state index contributed by atoms with van der Waals surface area (Å²) in [5, 5.41) is 0. The first-order valence-corrected chi connectivity index (χ1v) is 9.90. The van der Waals surface area contributed by atoms with E-state index in [1.165, 1.54) is 5.56 Å². The fourth-order valence-electron chi connectivity index (χ4n) is 4.17. The molecule has 0 N–H and O–H groups in total. The van der Waals surface area contributed by atoms with Crippen molar-refractivity contribution in [2.24, 2.45) is 4.99 Å². The molecule has 0 spiro atoms. The van der Waals surface area contributed by atoms with Crippen LogP contribution in [0.2, 0.25) is 0 Å². The lowest BCUT2D eigenvalue weighted by atomic mass is 10.1. The van der Waals surface area contributed by atoms with Gasteiger partial charge in [-0.25, -0.2) is 9.98 Å². The van der Waals surface area contributed by atoms with E-state index in [0.29, 0.717) is 18.2 Å². The number of nitrogens with zero attached hydrogens (tertiary/aromatic N) is 5. The van der Waals surface area contributed by atoms with E-state index in [2.05, 4.69) is 29.2 Å². The molecule has 2 aliphatic heterocycles. The third-order valence-electron chi connectivity index (χ3n) is 5.63. The SMILES string of the molecule is Cc1nc2c(n1Cc1ccccc1)C(=O)N(C)C1=N[C@H](Cc3ccccc3)CN12. The number of aliphatic imine (C=N–C) groups is 1. The van der Waals surface area contributed by atoms with Gasteiger partial charge in [-0.2, -0.15) is 0 Å². The first kappa shape index (κ1) is 17.7. The maximum Gasteiger partial charge on any atom is 0.280 e. The van der Waals surface area contributed by atoms with Gasteiger partial charge in [0.2, 0.25) is 5.96 Å². The van der Waals surface area contributed by atoms with E-state index in [9.17, 15) is 4.79 Å². The van der Waals surface area contributed by atoms with Crippen molar-refractivity contribution < 1.29 is 4.79 Å². The van der Waals surface area contributed by atoms with Crippen LogP contribution in [0, 0.1) is 6.92 Å². The number of rotatable bonds is 4. The van der Waals surface area contributed by atoms with Gasteiger partial charge in [-0.3, -0.25) is 14.6 Å². The van der Waals surface area contributed by atoms with Crippen LogP contribution in [0.4, 0.5) is 5.82 Å². The fraction of sp³-hybridized carbons (Fsp3) is 0.261. The minimum Gasteiger partial charge on any atom is -0.318 e. The highest BCUT2D eigenvalue weighted by atomic mass is 16.2. The number of benzene rings is 2. The van der Waals surface area contributed by atoms with Crippen molar-refractivity contribution in [1.29, 1.82) is 0 Å². The molecule has 0 radical (unpaired) electrons. The lowest BCUT2D eigenvalue weighted by molar-refractivity contribution is 0.0855. The Morgan fingerprint density at radius 3 is 2.34 bits per heavy atom. The fourth-order valence-corrected chi connectivity index (χ4v) is 4.17. The molecule has 6 heteroatoms. The predicted molar refractivity (Wildman–Crippen MR) is 113 cm³/mol. The summed E-state index contributed by atoms with van der Waals surface area (Å²) in [4.78, 5) is 26.6. The van der Waals surface area contributed by atoms with Gasteiger partial charge in [0.15, 0.2) is 11.5 Å². The summed E-state index contributed by atoms with van der Waals surface area (Å²) in [6.45, 7) is 3.32. The summed E-state index contributed by atoms with van der Waals surface area (Å²) < 4.78 is 2.02. The molecule has 0 unspecified atom stereocenters. The molecule has 2 aliphatic rings. The Labute approximate surface area is 170 Å². The lowest BCUT2D eigenvalue weighted by Crippen LogP contribution is -2.48. The van der Waals surface area contributed by atoms with Crippen molar-refractivity contribution in [2.75, 3.05) is 18.5 Å². The summed E-state index contributed by atoms with van der Waals surface area (Å²) in [5.74, 6) is 2.23. The van der Waals surface area contributed by atoms with Gasteiger partial charge >= 0.3 is 0 Å². The van der Waals surface area contributed by atoms with E-state index in [4.69, 9.17) is 9.98 Å². The zero-order valence-corrected chi connectivity index (χ0v) is 16.6. The van der Waals surface area contributed by atoms with E-state index >= 15 is 0 Å². The van der Waals surface area contributed by atoms with Crippen molar-refractivity contribution in [3.8, 4) is 0 Å². The molecule has 0 saturated carbocycles. The number of amides is 1. The number of aryl methyl sites for hydroxylation is 1. The molecule has 1 amide bonds. The van der Waals surface area contributed by atoms with Gasteiger partial charge in [-0.1, -0.05) is 60.7 Å². The second-order valence-corrected chi connectivity index (χ2v) is 7.65. The number of fused-ring (bicyclic) bond motifs is 3. The quantitative estimate of drug-likeness (QED) is 0.693. The number of anilines is 1. The Morgan fingerprint density at radius 2 is 1.66 bits per heavy atom. The monoisotopic (exact) mass is 385 g/mol. The number of hydrogen-bond acceptors (Lipinski definition) is 4. The van der Waals surface area contributed by atoms with Crippen LogP contribution >= 0.6 is 0 Å². The summed E-state index contributed by atoms with van der Waals surface area (Å²) >= 11 is 0. The maximum absolute atomic E-state index is 13.2. The van der Waals surface area contributed by atoms with Gasteiger partial charge < -0.3 is 4.57 Å². The topological polar surface area (TPSA) is 53.7 Å². The van der Waals surface area contributed by atoms with Crippen LogP contribution in [-0.2, 0) is 13.0 Å². The van der Waals surface area contributed by atoms with Crippen molar-refractivity contribution in [1.82, 2.24) is 14.5 Å². The average molecular weight is 385 g/mol. The molecule has 2 aromatic carbocycles. The van der Waals surface area contributed by atoms with Gasteiger partial charge in [-0.05, 0) is 24.5 Å². The average Bonchev–Trinajstić information content (AvgIpc) is 3.29. The summed E-state index contributed by atoms with van der Waals surface area (Å²) in [6, 6.07) is 20.6. The normalized spacial score (nSPS) is 17.9. The molecule has 29 heavy (non-hydrogen) atoms. The van der Waals surface area contributed by atoms with Crippen LogP contribution in [0.25, 0.3) is 0 Å². The minimum atomic E-state index is -0.0492. The molecule has 0 fully saturated rings. The van der Waals surface area contributed by atoms with Crippen LogP contribution in [0.3, 0.4) is 0 Å². The molecular formula is C23H23N5O. The summed E-state index contributed by atoms with van der Waals surface area (Å²) in [7, 11) is 1.80. The van der Waals surface area contributed by atoms with E-state index in [0.717, 1.165) is 30.2 Å². The largest absolute Gasteiger partial charge is 0.318 e.